The Balaban J connectivity index is 0.00000441. The van der Waals surface area contributed by atoms with Crippen LogP contribution in [-0.2, 0) is 25.6 Å². The lowest BCUT2D eigenvalue weighted by Gasteiger charge is -2.50. The van der Waals surface area contributed by atoms with Gasteiger partial charge in [0, 0.05) is 31.3 Å². The van der Waals surface area contributed by atoms with Crippen molar-refractivity contribution in [3.63, 3.8) is 0 Å². The predicted molar refractivity (Wildman–Crippen MR) is 156 cm³/mol. The van der Waals surface area contributed by atoms with Crippen molar-refractivity contribution in [3.8, 4) is 5.75 Å². The first-order chi connectivity index (χ1) is 18.0. The standard InChI is InChI=1S/C26H31BrN4O8.BrH/c1-9(27)25(38)29-13-8-14(30(2)3)11-6-10-7-12-18(31(4)5)21(34)17(24(28)37)23(36)26(12,39)22(35)15(10)20(33)16(11)19(13)32;/h8-10,12,18,32-33,36,39H,6-7H2,1-5H3,(H2,28,37)(H,29,38);1H/t9?,10?,12?,18-,26-;/m0./s1. The first kappa shape index (κ1) is 31.6. The Bertz CT molecular complexity index is 1390. The van der Waals surface area contributed by atoms with Crippen LogP contribution in [0.1, 0.15) is 24.5 Å². The van der Waals surface area contributed by atoms with Gasteiger partial charge in [0.25, 0.3) is 5.91 Å². The van der Waals surface area contributed by atoms with Gasteiger partial charge in [-0.15, -0.1) is 17.0 Å². The maximum atomic E-state index is 14.0. The monoisotopic (exact) mass is 686 g/mol. The molecule has 0 aromatic heterocycles. The van der Waals surface area contributed by atoms with Crippen molar-refractivity contribution in [1.29, 1.82) is 0 Å². The molecule has 0 bridgehead atoms. The topological polar surface area (TPSA) is 194 Å². The van der Waals surface area contributed by atoms with E-state index in [1.165, 1.54) is 4.90 Å². The summed E-state index contributed by atoms with van der Waals surface area (Å²) in [7, 11) is 6.56. The van der Waals surface area contributed by atoms with Crippen LogP contribution in [0.25, 0.3) is 5.76 Å². The number of likely N-dealkylation sites (N-methyl/N-ethyl adjacent to an activating group) is 1. The Labute approximate surface area is 249 Å². The summed E-state index contributed by atoms with van der Waals surface area (Å²) in [4.78, 5) is 54.2. The molecule has 1 aromatic carbocycles. The predicted octanol–water partition coefficient (Wildman–Crippen LogP) is 1.33. The lowest BCUT2D eigenvalue weighted by Crippen LogP contribution is -2.65. The average Bonchev–Trinajstić information content (AvgIpc) is 2.82. The van der Waals surface area contributed by atoms with E-state index in [9.17, 15) is 39.6 Å². The smallest absolute Gasteiger partial charge is 0.255 e. The Hall–Kier alpha value is -2.94. The average molecular weight is 688 g/mol. The largest absolute Gasteiger partial charge is 0.508 e. The maximum Gasteiger partial charge on any atom is 0.255 e. The van der Waals surface area contributed by atoms with Gasteiger partial charge in [0.15, 0.2) is 11.4 Å². The number of carbonyl (C=O) groups is 4. The van der Waals surface area contributed by atoms with Gasteiger partial charge in [-0.3, -0.25) is 24.1 Å². The molecule has 7 N–H and O–H groups in total. The summed E-state index contributed by atoms with van der Waals surface area (Å²) in [5.74, 6) is -7.79. The zero-order valence-corrected chi connectivity index (χ0v) is 25.8. The number of hydrogen-bond acceptors (Lipinski definition) is 10. The number of halogens is 2. The zero-order chi connectivity index (χ0) is 29.3. The number of Topliss-reactive ketones (excluding diaryl/α,β-unsaturated/α-hetero) is 2. The van der Waals surface area contributed by atoms with Gasteiger partial charge >= 0.3 is 0 Å². The normalized spacial score (nSPS) is 26.4. The highest BCUT2D eigenvalue weighted by Gasteiger charge is 2.64. The molecule has 218 valence electrons. The fourth-order valence-electron chi connectivity index (χ4n) is 6.02. The van der Waals surface area contributed by atoms with Crippen LogP contribution >= 0.6 is 32.9 Å². The molecule has 3 aliphatic carbocycles. The minimum atomic E-state index is -2.72. The van der Waals surface area contributed by atoms with E-state index in [0.717, 1.165) is 0 Å². The van der Waals surface area contributed by atoms with E-state index < -0.39 is 74.5 Å². The molecule has 40 heavy (non-hydrogen) atoms. The molecule has 1 aromatic rings. The second kappa shape index (κ2) is 10.8. The second-order valence-electron chi connectivity index (χ2n) is 10.6. The molecule has 1 fully saturated rings. The minimum Gasteiger partial charge on any atom is -0.508 e. The number of alkyl halides is 1. The number of phenols is 1. The van der Waals surface area contributed by atoms with Crippen LogP contribution in [0.15, 0.2) is 23.0 Å². The molecule has 14 heteroatoms. The molecule has 3 unspecified atom stereocenters. The van der Waals surface area contributed by atoms with Crippen molar-refractivity contribution in [1.82, 2.24) is 4.90 Å². The van der Waals surface area contributed by atoms with Crippen molar-refractivity contribution in [3.05, 3.63) is 34.1 Å². The number of phenolic OH excluding ortho intramolecular Hbond substituents is 1. The van der Waals surface area contributed by atoms with Gasteiger partial charge in [0.05, 0.1) is 22.1 Å². The number of benzene rings is 1. The van der Waals surface area contributed by atoms with Gasteiger partial charge in [-0.05, 0) is 51.4 Å². The van der Waals surface area contributed by atoms with E-state index in [-0.39, 0.29) is 46.6 Å². The fraction of sp³-hybridized carbons (Fsp3) is 0.462. The summed E-state index contributed by atoms with van der Waals surface area (Å²) in [6.45, 7) is 1.59. The number of nitrogens with zero attached hydrogens (tertiary/aromatic N) is 2. The lowest BCUT2D eigenvalue weighted by atomic mass is 9.57. The summed E-state index contributed by atoms with van der Waals surface area (Å²) in [5.41, 5.74) is 2.43. The first-order valence-corrected chi connectivity index (χ1v) is 13.1. The third kappa shape index (κ3) is 4.50. The fourth-order valence-corrected chi connectivity index (χ4v) is 6.13. The van der Waals surface area contributed by atoms with Crippen molar-refractivity contribution >= 4 is 73.4 Å². The van der Waals surface area contributed by atoms with Crippen LogP contribution in [0, 0.1) is 11.8 Å². The first-order valence-electron chi connectivity index (χ1n) is 12.2. The summed E-state index contributed by atoms with van der Waals surface area (Å²) >= 11 is 3.16. The lowest BCUT2D eigenvalue weighted by molar-refractivity contribution is -0.153. The van der Waals surface area contributed by atoms with Crippen LogP contribution in [-0.4, -0.2) is 93.4 Å². The molecule has 3 aliphatic rings. The molecular formula is C26H32Br2N4O8. The summed E-state index contributed by atoms with van der Waals surface area (Å²) in [5, 5.41) is 47.8. The van der Waals surface area contributed by atoms with Crippen LogP contribution in [0.4, 0.5) is 11.4 Å². The Kier molecular flexibility index (Phi) is 8.53. The molecule has 0 aliphatic heterocycles. The number of aliphatic hydroxyl groups excluding tert-OH is 2. The van der Waals surface area contributed by atoms with Crippen molar-refractivity contribution in [2.75, 3.05) is 38.4 Å². The van der Waals surface area contributed by atoms with Crippen molar-refractivity contribution < 1.29 is 39.6 Å². The number of hydrogen-bond donors (Lipinski definition) is 6. The molecule has 1 saturated carbocycles. The molecule has 12 nitrogen and oxygen atoms in total. The van der Waals surface area contributed by atoms with Crippen molar-refractivity contribution in [2.24, 2.45) is 17.6 Å². The van der Waals surface area contributed by atoms with E-state index in [1.807, 2.05) is 0 Å². The molecule has 4 rings (SSSR count). The molecule has 5 atom stereocenters. The van der Waals surface area contributed by atoms with Gasteiger partial charge in [0.2, 0.25) is 11.7 Å². The highest BCUT2D eigenvalue weighted by Crippen LogP contribution is 2.54. The highest BCUT2D eigenvalue weighted by molar-refractivity contribution is 9.10. The summed E-state index contributed by atoms with van der Waals surface area (Å²) in [6, 6.07) is 0.397. The van der Waals surface area contributed by atoms with Crippen LogP contribution in [0.5, 0.6) is 5.75 Å². The minimum absolute atomic E-state index is 0. The van der Waals surface area contributed by atoms with Gasteiger partial charge in [-0.25, -0.2) is 0 Å². The highest BCUT2D eigenvalue weighted by atomic mass is 79.9. The van der Waals surface area contributed by atoms with Gasteiger partial charge in [-0.2, -0.15) is 0 Å². The Morgan fingerprint density at radius 3 is 2.27 bits per heavy atom. The van der Waals surface area contributed by atoms with Crippen molar-refractivity contribution in [2.45, 2.75) is 36.2 Å². The number of aliphatic hydroxyl groups is 3. The van der Waals surface area contributed by atoms with Crippen LogP contribution in [0.2, 0.25) is 0 Å². The van der Waals surface area contributed by atoms with Crippen LogP contribution in [0.3, 0.4) is 0 Å². The van der Waals surface area contributed by atoms with E-state index in [4.69, 9.17) is 5.73 Å². The number of nitrogens with one attached hydrogen (secondary N) is 1. The zero-order valence-electron chi connectivity index (χ0n) is 22.5. The molecule has 0 heterocycles. The number of primary amides is 1. The quantitative estimate of drug-likeness (QED) is 0.149. The van der Waals surface area contributed by atoms with E-state index in [1.54, 1.807) is 46.1 Å². The number of amides is 2. The number of ketones is 2. The van der Waals surface area contributed by atoms with E-state index in [0.29, 0.717) is 11.3 Å². The third-order valence-corrected chi connectivity index (χ3v) is 8.21. The molecule has 0 spiro atoms. The number of fused-ring (bicyclic) bond motifs is 3. The molecule has 0 saturated heterocycles. The van der Waals surface area contributed by atoms with Gasteiger partial charge in [-0.1, -0.05) is 15.9 Å². The molecule has 0 radical (unpaired) electrons. The molecular weight excluding hydrogens is 656 g/mol. The van der Waals surface area contributed by atoms with E-state index >= 15 is 0 Å². The Morgan fingerprint density at radius 2 is 1.77 bits per heavy atom. The number of anilines is 2. The van der Waals surface area contributed by atoms with E-state index in [2.05, 4.69) is 21.2 Å². The third-order valence-electron chi connectivity index (χ3n) is 7.80. The summed E-state index contributed by atoms with van der Waals surface area (Å²) in [6.07, 6.45) is 0.123. The van der Waals surface area contributed by atoms with Gasteiger partial charge < -0.3 is 36.4 Å². The number of nitrogens with two attached hydrogens (primary N) is 1. The number of carbonyl (C=O) groups excluding carboxylic acids is 4. The second-order valence-corrected chi connectivity index (χ2v) is 12.0. The maximum absolute atomic E-state index is 14.0. The molecule has 2 amide bonds. The van der Waals surface area contributed by atoms with Gasteiger partial charge in [0.1, 0.15) is 22.8 Å². The summed E-state index contributed by atoms with van der Waals surface area (Å²) < 4.78 is 0. The van der Waals surface area contributed by atoms with Crippen LogP contribution < -0.4 is 16.0 Å². The Morgan fingerprint density at radius 1 is 1.18 bits per heavy atom. The number of aromatic hydroxyl groups is 1. The number of rotatable bonds is 5. The SMILES string of the molecule is Br.CC(Br)C(=O)Nc1cc(N(C)C)c2c(c1O)C(O)=C1C(=O)[C@]3(O)C(O)=C(C(N)=O)C(=O)[C@@H](N(C)C)C3CC1C2.